The summed E-state index contributed by atoms with van der Waals surface area (Å²) >= 11 is 0. The molecule has 2 fully saturated rings. The fourth-order valence-electron chi connectivity index (χ4n) is 4.46. The second-order valence-electron chi connectivity index (χ2n) is 8.17. The van der Waals surface area contributed by atoms with Crippen molar-refractivity contribution >= 4 is 39.0 Å². The van der Waals surface area contributed by atoms with Crippen molar-refractivity contribution < 1.29 is 19.0 Å². The molecule has 5 rings (SSSR count). The lowest BCUT2D eigenvalue weighted by Crippen LogP contribution is -2.45. The molecule has 1 amide bonds. The summed E-state index contributed by atoms with van der Waals surface area (Å²) in [6, 6.07) is 11.0. The van der Waals surface area contributed by atoms with Crippen LogP contribution < -0.4 is 15.6 Å². The van der Waals surface area contributed by atoms with Gasteiger partial charge in [0.05, 0.1) is 36.0 Å². The maximum atomic E-state index is 13.5. The standard InChI is InChI=1S/C24H25N3O5/c1-30-15-22(28)26-17-4-2-16-3-5-21-20(23(29)19(16)12-17)13-18(14-25-21)27-8-6-24(7-9-27)31-10-11-32-24/h2-5,12-14H,6-11,15H2,1H3,(H,26,28). The smallest absolute Gasteiger partial charge is 0.250 e. The zero-order valence-electron chi connectivity index (χ0n) is 17.9. The van der Waals surface area contributed by atoms with Gasteiger partial charge >= 0.3 is 0 Å². The van der Waals surface area contributed by atoms with E-state index in [4.69, 9.17) is 14.2 Å². The molecule has 2 saturated heterocycles. The van der Waals surface area contributed by atoms with Crippen molar-refractivity contribution in [2.24, 2.45) is 0 Å². The molecule has 2 aliphatic rings. The first-order valence-electron chi connectivity index (χ1n) is 10.8. The van der Waals surface area contributed by atoms with Crippen LogP contribution in [0.2, 0.25) is 0 Å². The zero-order valence-corrected chi connectivity index (χ0v) is 17.9. The van der Waals surface area contributed by atoms with Crippen LogP contribution in [0.4, 0.5) is 11.4 Å². The molecule has 1 aromatic heterocycles. The van der Waals surface area contributed by atoms with Gasteiger partial charge in [0.1, 0.15) is 6.61 Å². The number of aromatic nitrogens is 1. The highest BCUT2D eigenvalue weighted by Crippen LogP contribution is 2.33. The lowest BCUT2D eigenvalue weighted by Gasteiger charge is -2.38. The van der Waals surface area contributed by atoms with Gasteiger partial charge in [-0.05, 0) is 29.7 Å². The highest BCUT2D eigenvalue weighted by Gasteiger charge is 2.39. The number of hydrogen-bond donors (Lipinski definition) is 1. The Morgan fingerprint density at radius 1 is 1.12 bits per heavy atom. The molecule has 1 spiro atoms. The van der Waals surface area contributed by atoms with E-state index < -0.39 is 5.79 Å². The number of benzene rings is 1. The van der Waals surface area contributed by atoms with Crippen molar-refractivity contribution in [3.63, 3.8) is 0 Å². The highest BCUT2D eigenvalue weighted by molar-refractivity contribution is 5.97. The Bertz CT molecular complexity index is 1230. The average molecular weight is 435 g/mol. The molecule has 166 valence electrons. The number of ether oxygens (including phenoxy) is 3. The number of hydrogen-bond acceptors (Lipinski definition) is 7. The first-order valence-corrected chi connectivity index (χ1v) is 10.8. The maximum Gasteiger partial charge on any atom is 0.250 e. The number of amides is 1. The minimum Gasteiger partial charge on any atom is -0.375 e. The number of pyridine rings is 1. The molecule has 0 radical (unpaired) electrons. The normalized spacial score (nSPS) is 17.8. The second-order valence-corrected chi connectivity index (χ2v) is 8.17. The van der Waals surface area contributed by atoms with Crippen LogP contribution >= 0.6 is 0 Å². The van der Waals surface area contributed by atoms with E-state index in [1.807, 2.05) is 30.5 Å². The summed E-state index contributed by atoms with van der Waals surface area (Å²) in [5.41, 5.74) is 1.98. The number of nitrogens with one attached hydrogen (secondary N) is 1. The Labute approximate surface area is 185 Å². The Morgan fingerprint density at radius 2 is 1.88 bits per heavy atom. The largest absolute Gasteiger partial charge is 0.375 e. The fourth-order valence-corrected chi connectivity index (χ4v) is 4.46. The molecule has 3 aromatic rings. The minimum atomic E-state index is -0.448. The van der Waals surface area contributed by atoms with Crippen LogP contribution in [-0.4, -0.2) is 56.7 Å². The number of methoxy groups -OCH3 is 1. The van der Waals surface area contributed by atoms with Gasteiger partial charge in [-0.1, -0.05) is 12.1 Å². The Balaban J connectivity index is 1.50. The number of carbonyl (C=O) groups excluding carboxylic acids is 1. The number of piperidine rings is 1. The second kappa shape index (κ2) is 8.46. The molecule has 1 N–H and O–H groups in total. The summed E-state index contributed by atoms with van der Waals surface area (Å²) in [4.78, 5) is 32.1. The molecule has 3 heterocycles. The first kappa shape index (κ1) is 20.8. The SMILES string of the molecule is COCC(=O)Nc1ccc2ccc3ncc(N4CCC5(CC4)OCCO5)cc3c(=O)c2c1. The Hall–Kier alpha value is -3.07. The minimum absolute atomic E-state index is 0.0474. The van der Waals surface area contributed by atoms with Gasteiger partial charge in [-0.2, -0.15) is 0 Å². The van der Waals surface area contributed by atoms with Gasteiger partial charge in [-0.3, -0.25) is 14.6 Å². The summed E-state index contributed by atoms with van der Waals surface area (Å²) in [5, 5.41) is 4.62. The number of carbonyl (C=O) groups is 1. The van der Waals surface area contributed by atoms with E-state index in [9.17, 15) is 9.59 Å². The molecule has 0 saturated carbocycles. The average Bonchev–Trinajstić information content (AvgIpc) is 3.20. The monoisotopic (exact) mass is 435 g/mol. The highest BCUT2D eigenvalue weighted by atomic mass is 16.7. The van der Waals surface area contributed by atoms with Crippen molar-refractivity contribution in [3.8, 4) is 0 Å². The van der Waals surface area contributed by atoms with Gasteiger partial charge in [0.2, 0.25) is 5.91 Å². The molecule has 2 aromatic carbocycles. The summed E-state index contributed by atoms with van der Waals surface area (Å²) < 4.78 is 16.5. The predicted molar refractivity (Wildman–Crippen MR) is 122 cm³/mol. The lowest BCUT2D eigenvalue weighted by atomic mass is 10.0. The number of fused-ring (bicyclic) bond motifs is 2. The third kappa shape index (κ3) is 3.92. The quantitative estimate of drug-likeness (QED) is 0.674. The number of nitrogens with zero attached hydrogens (tertiary/aromatic N) is 2. The van der Waals surface area contributed by atoms with E-state index in [-0.39, 0.29) is 17.9 Å². The van der Waals surface area contributed by atoms with Gasteiger partial charge in [0.15, 0.2) is 11.2 Å². The number of rotatable bonds is 4. The van der Waals surface area contributed by atoms with Crippen LogP contribution in [-0.2, 0) is 19.0 Å². The van der Waals surface area contributed by atoms with E-state index in [1.165, 1.54) is 7.11 Å². The van der Waals surface area contributed by atoms with Crippen molar-refractivity contribution in [2.45, 2.75) is 18.6 Å². The molecule has 0 bridgehead atoms. The third-order valence-electron chi connectivity index (χ3n) is 6.13. The molecular weight excluding hydrogens is 410 g/mol. The fraction of sp³-hybridized carbons (Fsp3) is 0.375. The van der Waals surface area contributed by atoms with Crippen LogP contribution in [0.15, 0.2) is 47.4 Å². The van der Waals surface area contributed by atoms with Gasteiger partial charge < -0.3 is 24.4 Å². The summed E-state index contributed by atoms with van der Waals surface area (Å²) in [6.07, 6.45) is 3.38. The molecule has 8 nitrogen and oxygen atoms in total. The summed E-state index contributed by atoms with van der Waals surface area (Å²) in [7, 11) is 1.46. The molecule has 32 heavy (non-hydrogen) atoms. The van der Waals surface area contributed by atoms with Crippen LogP contribution in [0.1, 0.15) is 12.8 Å². The molecule has 0 unspecified atom stereocenters. The van der Waals surface area contributed by atoms with Crippen LogP contribution in [0.3, 0.4) is 0 Å². The number of anilines is 2. The van der Waals surface area contributed by atoms with E-state index in [0.717, 1.165) is 37.0 Å². The molecule has 8 heteroatoms. The van der Waals surface area contributed by atoms with E-state index in [1.54, 1.807) is 12.1 Å². The van der Waals surface area contributed by atoms with Crippen LogP contribution in [0.25, 0.3) is 21.7 Å². The van der Waals surface area contributed by atoms with E-state index in [2.05, 4.69) is 15.2 Å². The summed E-state index contributed by atoms with van der Waals surface area (Å²) in [5.74, 6) is -0.719. The molecule has 2 aliphatic heterocycles. The predicted octanol–water partition coefficient (Wildman–Crippen LogP) is 2.68. The third-order valence-corrected chi connectivity index (χ3v) is 6.13. The topological polar surface area (TPSA) is 90.0 Å². The zero-order chi connectivity index (χ0) is 22.1. The Kier molecular flexibility index (Phi) is 5.50. The van der Waals surface area contributed by atoms with Gasteiger partial charge in [-0.15, -0.1) is 0 Å². The maximum absolute atomic E-state index is 13.5. The van der Waals surface area contributed by atoms with Crippen molar-refractivity contribution in [1.82, 2.24) is 4.98 Å². The lowest BCUT2D eigenvalue weighted by molar-refractivity contribution is -0.169. The van der Waals surface area contributed by atoms with Crippen molar-refractivity contribution in [2.75, 3.05) is 50.2 Å². The van der Waals surface area contributed by atoms with Crippen LogP contribution in [0.5, 0.6) is 0 Å². The van der Waals surface area contributed by atoms with E-state index >= 15 is 0 Å². The van der Waals surface area contributed by atoms with Gasteiger partial charge in [0, 0.05) is 44.1 Å². The first-order chi connectivity index (χ1) is 15.6. The Morgan fingerprint density at radius 3 is 2.62 bits per heavy atom. The molecular formula is C24H25N3O5. The van der Waals surface area contributed by atoms with Gasteiger partial charge in [0.25, 0.3) is 0 Å². The summed E-state index contributed by atoms with van der Waals surface area (Å²) in [6.45, 7) is 2.80. The van der Waals surface area contributed by atoms with Crippen LogP contribution in [0, 0.1) is 0 Å². The van der Waals surface area contributed by atoms with Gasteiger partial charge in [-0.25, -0.2) is 0 Å². The van der Waals surface area contributed by atoms with E-state index in [0.29, 0.717) is 35.2 Å². The van der Waals surface area contributed by atoms with Crippen molar-refractivity contribution in [3.05, 3.63) is 52.8 Å². The molecule has 0 aliphatic carbocycles. The molecule has 0 atom stereocenters. The van der Waals surface area contributed by atoms with Crippen molar-refractivity contribution in [1.29, 1.82) is 0 Å².